The molecule has 0 amide bonds. The Hall–Kier alpha value is -0.630. The molecular weight excluding hydrogens is 128 g/mol. The molecule has 0 saturated heterocycles. The topological polar surface area (TPSA) is 48.6 Å². The Kier molecular flexibility index (Phi) is 18.1. The molecule has 0 bridgehead atoms. The van der Waals surface area contributed by atoms with Gasteiger partial charge in [0.1, 0.15) is 0 Å². The highest BCUT2D eigenvalue weighted by Gasteiger charge is 1.92. The molecule has 0 fully saturated rings. The van der Waals surface area contributed by atoms with Crippen LogP contribution in [0.15, 0.2) is 12.2 Å². The molecule has 10 heavy (non-hydrogen) atoms. The van der Waals surface area contributed by atoms with Gasteiger partial charge in [-0.1, -0.05) is 27.4 Å². The van der Waals surface area contributed by atoms with Crippen molar-refractivity contribution in [3.8, 4) is 0 Å². The molecule has 0 aliphatic carbocycles. The fourth-order valence-corrected chi connectivity index (χ4v) is 0.249. The summed E-state index contributed by atoms with van der Waals surface area (Å²) in [7, 11) is 0. The van der Waals surface area contributed by atoms with Crippen molar-refractivity contribution >= 4 is 5.78 Å². The average Bonchev–Trinajstić information content (AvgIpc) is 1.91. The lowest BCUT2D eigenvalue weighted by Gasteiger charge is -1.89. The Morgan fingerprint density at radius 1 is 1.40 bits per heavy atom. The minimum Gasteiger partial charge on any atom is -0.412 e. The van der Waals surface area contributed by atoms with Crippen LogP contribution < -0.4 is 0 Å². The van der Waals surface area contributed by atoms with E-state index in [1.165, 1.54) is 6.92 Å². The first-order valence-electron chi connectivity index (χ1n) is 3.37. The van der Waals surface area contributed by atoms with Crippen molar-refractivity contribution in [2.75, 3.05) is 0 Å². The van der Waals surface area contributed by atoms with Gasteiger partial charge < -0.3 is 5.48 Å². The molecule has 2 heteroatoms. The summed E-state index contributed by atoms with van der Waals surface area (Å²) in [6.45, 7) is 11.0. The van der Waals surface area contributed by atoms with E-state index in [9.17, 15) is 4.79 Å². The van der Waals surface area contributed by atoms with E-state index in [2.05, 4.69) is 6.58 Å². The average molecular weight is 146 g/mol. The Balaban J connectivity index is -0.000000149. The highest BCUT2D eigenvalue weighted by molar-refractivity contribution is 5.92. The molecule has 62 valence electrons. The third kappa shape index (κ3) is 10.4. The predicted octanol–water partition coefficient (Wildman–Crippen LogP) is 1.74. The second-order valence-electron chi connectivity index (χ2n) is 1.51. The molecule has 0 spiro atoms. The number of Topliss-reactive ketones (excluding diaryl/α,β-unsaturated/α-hetero) is 1. The summed E-state index contributed by atoms with van der Waals surface area (Å²) < 4.78 is 0. The van der Waals surface area contributed by atoms with Crippen molar-refractivity contribution in [2.45, 2.75) is 34.1 Å². The van der Waals surface area contributed by atoms with Crippen LogP contribution >= 0.6 is 0 Å². The van der Waals surface area contributed by atoms with Gasteiger partial charge >= 0.3 is 0 Å². The van der Waals surface area contributed by atoms with Crippen LogP contribution in [0.4, 0.5) is 0 Å². The molecule has 0 aromatic rings. The van der Waals surface area contributed by atoms with E-state index in [0.717, 1.165) is 6.42 Å². The largest absolute Gasteiger partial charge is 0.412 e. The Labute approximate surface area is 63.3 Å². The zero-order valence-electron chi connectivity index (χ0n) is 7.32. The van der Waals surface area contributed by atoms with Gasteiger partial charge in [0.25, 0.3) is 0 Å². The van der Waals surface area contributed by atoms with Crippen molar-refractivity contribution in [1.82, 2.24) is 0 Å². The Morgan fingerprint density at radius 2 is 1.70 bits per heavy atom. The fourth-order valence-electron chi connectivity index (χ4n) is 0.249. The summed E-state index contributed by atoms with van der Waals surface area (Å²) in [5.41, 5.74) is 0.708. The van der Waals surface area contributed by atoms with Crippen molar-refractivity contribution in [3.63, 3.8) is 0 Å². The molecule has 0 aromatic carbocycles. The number of rotatable bonds is 2. The van der Waals surface area contributed by atoms with Crippen molar-refractivity contribution in [2.24, 2.45) is 0 Å². The minimum atomic E-state index is 0. The molecule has 0 saturated carbocycles. The van der Waals surface area contributed by atoms with Gasteiger partial charge in [0, 0.05) is 0 Å². The Morgan fingerprint density at radius 3 is 1.70 bits per heavy atom. The molecule has 0 unspecified atom stereocenters. The van der Waals surface area contributed by atoms with Gasteiger partial charge in [-0.25, -0.2) is 0 Å². The number of hydrogen-bond acceptors (Lipinski definition) is 1. The quantitative estimate of drug-likeness (QED) is 0.547. The first-order chi connectivity index (χ1) is 4.18. The van der Waals surface area contributed by atoms with Crippen LogP contribution in [0.5, 0.6) is 0 Å². The lowest BCUT2D eigenvalue weighted by molar-refractivity contribution is -0.113. The van der Waals surface area contributed by atoms with Gasteiger partial charge in [-0.2, -0.15) is 0 Å². The summed E-state index contributed by atoms with van der Waals surface area (Å²) in [4.78, 5) is 10.3. The molecular formula is C8H18O2. The van der Waals surface area contributed by atoms with Crippen LogP contribution in [0.3, 0.4) is 0 Å². The molecule has 0 radical (unpaired) electrons. The lowest BCUT2D eigenvalue weighted by atomic mass is 10.2. The van der Waals surface area contributed by atoms with E-state index >= 15 is 0 Å². The molecule has 0 aliphatic rings. The van der Waals surface area contributed by atoms with Crippen LogP contribution in [0.1, 0.15) is 34.1 Å². The van der Waals surface area contributed by atoms with E-state index in [4.69, 9.17) is 0 Å². The van der Waals surface area contributed by atoms with E-state index in [-0.39, 0.29) is 11.3 Å². The second-order valence-corrected chi connectivity index (χ2v) is 1.51. The van der Waals surface area contributed by atoms with Gasteiger partial charge in [-0.15, -0.1) is 0 Å². The van der Waals surface area contributed by atoms with Gasteiger partial charge in [0.05, 0.1) is 0 Å². The van der Waals surface area contributed by atoms with Crippen LogP contribution in [0.25, 0.3) is 0 Å². The summed E-state index contributed by atoms with van der Waals surface area (Å²) in [6, 6.07) is 0. The maximum Gasteiger partial charge on any atom is 0.155 e. The highest BCUT2D eigenvalue weighted by atomic mass is 16.1. The summed E-state index contributed by atoms with van der Waals surface area (Å²) in [5, 5.41) is 0. The van der Waals surface area contributed by atoms with Gasteiger partial charge in [-0.3, -0.25) is 4.79 Å². The second kappa shape index (κ2) is 11.2. The number of carbonyl (C=O) groups is 1. The smallest absolute Gasteiger partial charge is 0.155 e. The van der Waals surface area contributed by atoms with Gasteiger partial charge in [-0.05, 0) is 18.9 Å². The van der Waals surface area contributed by atoms with Crippen LogP contribution in [0.2, 0.25) is 0 Å². The van der Waals surface area contributed by atoms with E-state index in [1.807, 2.05) is 20.8 Å². The van der Waals surface area contributed by atoms with E-state index in [1.54, 1.807) is 0 Å². The van der Waals surface area contributed by atoms with Crippen LogP contribution in [0, 0.1) is 0 Å². The minimum absolute atomic E-state index is 0. The lowest BCUT2D eigenvalue weighted by Crippen LogP contribution is -1.90. The molecule has 0 atom stereocenters. The fraction of sp³-hybridized carbons (Fsp3) is 0.625. The van der Waals surface area contributed by atoms with E-state index < -0.39 is 0 Å². The summed E-state index contributed by atoms with van der Waals surface area (Å²) in [5.74, 6) is 0.0995. The normalized spacial score (nSPS) is 6.40. The standard InChI is InChI=1S/C6H10O.C2H6.H2O/c1-4-5(2)6(3)7;1-2;/h2,4H2,1,3H3;1-2H3;1H2. The number of allylic oxidation sites excluding steroid dienone is 1. The van der Waals surface area contributed by atoms with Gasteiger partial charge in [0.2, 0.25) is 0 Å². The third-order valence-corrected chi connectivity index (χ3v) is 0.925. The van der Waals surface area contributed by atoms with Gasteiger partial charge in [0.15, 0.2) is 5.78 Å². The predicted molar refractivity (Wildman–Crippen MR) is 45.1 cm³/mol. The molecule has 2 N–H and O–H groups in total. The number of hydrogen-bond donors (Lipinski definition) is 0. The monoisotopic (exact) mass is 146 g/mol. The zero-order chi connectivity index (χ0) is 7.86. The number of carbonyl (C=O) groups excluding carboxylic acids is 1. The van der Waals surface area contributed by atoms with Crippen molar-refractivity contribution in [1.29, 1.82) is 0 Å². The first kappa shape index (κ1) is 16.2. The van der Waals surface area contributed by atoms with E-state index in [0.29, 0.717) is 5.57 Å². The zero-order valence-corrected chi connectivity index (χ0v) is 7.32. The maximum atomic E-state index is 10.3. The van der Waals surface area contributed by atoms with Crippen LogP contribution in [-0.4, -0.2) is 11.3 Å². The van der Waals surface area contributed by atoms with Crippen molar-refractivity contribution in [3.05, 3.63) is 12.2 Å². The molecule has 0 aliphatic heterocycles. The van der Waals surface area contributed by atoms with Crippen LogP contribution in [-0.2, 0) is 4.79 Å². The molecule has 0 rings (SSSR count). The van der Waals surface area contributed by atoms with Crippen molar-refractivity contribution < 1.29 is 10.3 Å². The first-order valence-corrected chi connectivity index (χ1v) is 3.37. The molecule has 0 heterocycles. The highest BCUT2D eigenvalue weighted by Crippen LogP contribution is 1.94. The third-order valence-electron chi connectivity index (χ3n) is 0.925. The number of ketones is 1. The Bertz CT molecular complexity index is 95.4. The SMILES string of the molecule is C=C(CC)C(C)=O.CC.O. The maximum absolute atomic E-state index is 10.3. The molecule has 0 aromatic heterocycles. The molecule has 2 nitrogen and oxygen atoms in total. The summed E-state index contributed by atoms with van der Waals surface area (Å²) in [6.07, 6.45) is 0.773. The summed E-state index contributed by atoms with van der Waals surface area (Å²) >= 11 is 0.